The lowest BCUT2D eigenvalue weighted by molar-refractivity contribution is -0.155. The van der Waals surface area contributed by atoms with E-state index < -0.39 is 17.6 Å². The smallest absolute Gasteiger partial charge is 0.246 e. The Morgan fingerprint density at radius 1 is 0.844 bits per heavy atom. The molecule has 0 radical (unpaired) electrons. The number of carbonyl (C=O) groups excluding carboxylic acids is 3. The number of piperazine rings is 1. The van der Waals surface area contributed by atoms with E-state index in [0.29, 0.717) is 39.0 Å². The number of hydroxylamine groups is 2. The Morgan fingerprint density at radius 3 is 2.09 bits per heavy atom. The van der Waals surface area contributed by atoms with Gasteiger partial charge in [0.25, 0.3) is 0 Å². The van der Waals surface area contributed by atoms with Gasteiger partial charge in [-0.1, -0.05) is 78.4 Å². The second-order valence-corrected chi connectivity index (χ2v) is 12.9. The van der Waals surface area contributed by atoms with E-state index in [2.05, 4.69) is 0 Å². The molecule has 4 rings (SSSR count). The third-order valence-electron chi connectivity index (χ3n) is 8.39. The van der Waals surface area contributed by atoms with Crippen molar-refractivity contribution in [2.75, 3.05) is 40.3 Å². The molecule has 0 saturated carbocycles. The first-order valence-corrected chi connectivity index (χ1v) is 15.6. The fourth-order valence-electron chi connectivity index (χ4n) is 5.96. The summed E-state index contributed by atoms with van der Waals surface area (Å²) in [4.78, 5) is 46.8. The number of likely N-dealkylation sites (N-methyl/N-ethyl adjacent to an activating group) is 2. The van der Waals surface area contributed by atoms with Gasteiger partial charge in [-0.3, -0.25) is 14.4 Å². The van der Waals surface area contributed by atoms with Crippen LogP contribution in [0.3, 0.4) is 0 Å². The molecule has 3 aromatic carbocycles. The molecule has 0 aliphatic carbocycles. The number of fused-ring (bicyclic) bond motifs is 1. The maximum absolute atomic E-state index is 14.5. The molecule has 1 fully saturated rings. The Labute approximate surface area is 266 Å². The van der Waals surface area contributed by atoms with Gasteiger partial charge >= 0.3 is 0 Å². The third-order valence-corrected chi connectivity index (χ3v) is 8.39. The minimum Gasteiger partial charge on any atom is -0.338 e. The van der Waals surface area contributed by atoms with E-state index in [-0.39, 0.29) is 24.1 Å². The largest absolute Gasteiger partial charge is 0.338 e. The quantitative estimate of drug-likeness (QED) is 0.318. The molecule has 3 N–H and O–H groups in total. The summed E-state index contributed by atoms with van der Waals surface area (Å²) < 4.78 is 0. The molecule has 1 aliphatic rings. The van der Waals surface area contributed by atoms with Gasteiger partial charge in [0, 0.05) is 64.7 Å². The molecule has 0 aromatic heterocycles. The lowest BCUT2D eigenvalue weighted by Crippen LogP contribution is -2.58. The number of hydrogen-bond acceptors (Lipinski definition) is 6. The monoisotopic (exact) mass is 613 g/mol. The number of benzene rings is 3. The Balaban J connectivity index is 1.68. The topological polar surface area (TPSA) is 110 Å². The van der Waals surface area contributed by atoms with Crippen molar-refractivity contribution in [2.24, 2.45) is 5.73 Å². The number of nitrogens with two attached hydrogens (primary N) is 1. The normalized spacial score (nSPS) is 15.9. The van der Waals surface area contributed by atoms with Crippen LogP contribution >= 0.6 is 0 Å². The first-order chi connectivity index (χ1) is 21.3. The summed E-state index contributed by atoms with van der Waals surface area (Å²) in [5, 5.41) is 13.2. The zero-order chi connectivity index (χ0) is 32.7. The molecule has 1 saturated heterocycles. The van der Waals surface area contributed by atoms with Crippen LogP contribution in [0.5, 0.6) is 0 Å². The Bertz CT molecular complexity index is 1510. The highest BCUT2D eigenvalue weighted by Gasteiger charge is 2.37. The van der Waals surface area contributed by atoms with Crippen molar-refractivity contribution in [1.29, 1.82) is 0 Å². The standard InChI is InChI=1S/C36H47N5O4/c1-26(25-36(2,3)37)21-33(42)38(4)31(24-28-15-16-29-13-9-10-14-30(29)22-28)34(43)39(5)32(23-27-11-7-6-8-12-27)35(44)40-17-19-41(45)20-18-40/h6-16,21-22,31-32,45H,17-20,23-25,37H2,1-5H3/b26-21+/t31-,32-/m1/s1. The van der Waals surface area contributed by atoms with E-state index in [1.807, 2.05) is 93.6 Å². The third kappa shape index (κ3) is 9.23. The van der Waals surface area contributed by atoms with Gasteiger partial charge in [-0.2, -0.15) is 5.06 Å². The number of carbonyl (C=O) groups is 3. The van der Waals surface area contributed by atoms with Gasteiger partial charge in [-0.15, -0.1) is 0 Å². The van der Waals surface area contributed by atoms with Crippen molar-refractivity contribution >= 4 is 28.5 Å². The summed E-state index contributed by atoms with van der Waals surface area (Å²) in [7, 11) is 3.30. The van der Waals surface area contributed by atoms with Crippen LogP contribution in [-0.2, 0) is 27.2 Å². The van der Waals surface area contributed by atoms with Crippen LogP contribution in [0.15, 0.2) is 84.4 Å². The van der Waals surface area contributed by atoms with E-state index >= 15 is 0 Å². The van der Waals surface area contributed by atoms with Gasteiger partial charge in [0.2, 0.25) is 17.7 Å². The summed E-state index contributed by atoms with van der Waals surface area (Å²) in [6.07, 6.45) is 2.69. The highest BCUT2D eigenvalue weighted by atomic mass is 16.5. The molecule has 9 heteroatoms. The van der Waals surface area contributed by atoms with Crippen molar-refractivity contribution in [3.63, 3.8) is 0 Å². The van der Waals surface area contributed by atoms with Crippen molar-refractivity contribution in [1.82, 2.24) is 19.8 Å². The van der Waals surface area contributed by atoms with Crippen LogP contribution < -0.4 is 5.73 Å². The maximum Gasteiger partial charge on any atom is 0.246 e. The molecule has 1 aliphatic heterocycles. The average molecular weight is 614 g/mol. The molecular formula is C36H47N5O4. The fraction of sp³-hybridized carbons (Fsp3) is 0.417. The lowest BCUT2D eigenvalue weighted by Gasteiger charge is -2.38. The number of amides is 3. The molecular weight excluding hydrogens is 566 g/mol. The van der Waals surface area contributed by atoms with Crippen molar-refractivity contribution in [3.05, 3.63) is 95.6 Å². The van der Waals surface area contributed by atoms with Crippen molar-refractivity contribution < 1.29 is 19.6 Å². The van der Waals surface area contributed by atoms with Crippen LogP contribution in [0.2, 0.25) is 0 Å². The lowest BCUT2D eigenvalue weighted by atomic mass is 9.96. The summed E-state index contributed by atoms with van der Waals surface area (Å²) >= 11 is 0. The summed E-state index contributed by atoms with van der Waals surface area (Å²) in [6, 6.07) is 22.0. The van der Waals surface area contributed by atoms with E-state index in [0.717, 1.165) is 27.5 Å². The summed E-state index contributed by atoms with van der Waals surface area (Å²) in [5.74, 6) is -0.796. The summed E-state index contributed by atoms with van der Waals surface area (Å²) in [5.41, 5.74) is 8.38. The zero-order valence-corrected chi connectivity index (χ0v) is 27.1. The SMILES string of the molecule is C/C(=C\C(=O)N(C)[C@H](Cc1ccc2ccccc2c1)C(=O)N(C)[C@H](Cc1ccccc1)C(=O)N1CCN(O)CC1)CC(C)(C)N. The highest BCUT2D eigenvalue weighted by Crippen LogP contribution is 2.21. The Kier molecular flexibility index (Phi) is 11.1. The van der Waals surface area contributed by atoms with Crippen LogP contribution in [0.4, 0.5) is 0 Å². The second-order valence-electron chi connectivity index (χ2n) is 12.9. The number of hydrogen-bond donors (Lipinski definition) is 2. The van der Waals surface area contributed by atoms with Crippen LogP contribution in [0.25, 0.3) is 10.8 Å². The molecule has 0 spiro atoms. The Morgan fingerprint density at radius 2 is 1.44 bits per heavy atom. The molecule has 1 heterocycles. The highest BCUT2D eigenvalue weighted by molar-refractivity contribution is 5.95. The van der Waals surface area contributed by atoms with Gasteiger partial charge in [-0.25, -0.2) is 0 Å². The van der Waals surface area contributed by atoms with Gasteiger partial charge in [0.15, 0.2) is 0 Å². The van der Waals surface area contributed by atoms with Crippen LogP contribution in [-0.4, -0.2) is 101 Å². The molecule has 9 nitrogen and oxygen atoms in total. The fourth-order valence-corrected chi connectivity index (χ4v) is 5.96. The van der Waals surface area contributed by atoms with E-state index in [1.54, 1.807) is 25.1 Å². The molecule has 240 valence electrons. The number of nitrogens with zero attached hydrogens (tertiary/aromatic N) is 4. The first kappa shape index (κ1) is 33.8. The van der Waals surface area contributed by atoms with Gasteiger partial charge in [0.1, 0.15) is 12.1 Å². The molecule has 3 aromatic rings. The first-order valence-electron chi connectivity index (χ1n) is 15.6. The second kappa shape index (κ2) is 14.8. The average Bonchev–Trinajstić information content (AvgIpc) is 3.01. The molecule has 45 heavy (non-hydrogen) atoms. The predicted molar refractivity (Wildman–Crippen MR) is 177 cm³/mol. The summed E-state index contributed by atoms with van der Waals surface area (Å²) in [6.45, 7) is 7.09. The molecule has 0 unspecified atom stereocenters. The minimum absolute atomic E-state index is 0.179. The molecule has 0 bridgehead atoms. The van der Waals surface area contributed by atoms with Gasteiger partial charge in [0.05, 0.1) is 0 Å². The van der Waals surface area contributed by atoms with Crippen LogP contribution in [0.1, 0.15) is 38.3 Å². The van der Waals surface area contributed by atoms with Gasteiger partial charge < -0.3 is 25.6 Å². The zero-order valence-electron chi connectivity index (χ0n) is 27.1. The number of rotatable bonds is 11. The van der Waals surface area contributed by atoms with E-state index in [4.69, 9.17) is 5.73 Å². The minimum atomic E-state index is -0.862. The van der Waals surface area contributed by atoms with E-state index in [9.17, 15) is 19.6 Å². The molecule has 2 atom stereocenters. The van der Waals surface area contributed by atoms with Gasteiger partial charge in [-0.05, 0) is 49.1 Å². The van der Waals surface area contributed by atoms with E-state index in [1.165, 1.54) is 14.9 Å². The Hall–Kier alpha value is -4.05. The van der Waals surface area contributed by atoms with Crippen molar-refractivity contribution in [3.8, 4) is 0 Å². The molecule has 3 amide bonds. The predicted octanol–water partition coefficient (Wildman–Crippen LogP) is 3.89. The maximum atomic E-state index is 14.5. The van der Waals surface area contributed by atoms with Crippen LogP contribution in [0, 0.1) is 0 Å². The van der Waals surface area contributed by atoms with Crippen molar-refractivity contribution in [2.45, 2.75) is 57.7 Å².